The number of nitrogens with zero attached hydrogens (tertiary/aromatic N) is 1. The molecule has 3 rings (SSSR count). The number of thiazole rings is 1. The quantitative estimate of drug-likeness (QED) is 0.558. The highest BCUT2D eigenvalue weighted by molar-refractivity contribution is 8.77. The van der Waals surface area contributed by atoms with Gasteiger partial charge in [0, 0.05) is 11.0 Å². The Morgan fingerprint density at radius 2 is 2.17 bits per heavy atom. The van der Waals surface area contributed by atoms with Crippen molar-refractivity contribution in [2.75, 3.05) is 5.75 Å². The third kappa shape index (κ3) is 3.22. The second-order valence-corrected chi connectivity index (χ2v) is 8.55. The number of unbranched alkanes of at least 4 members (excludes halogenated alkanes) is 1. The van der Waals surface area contributed by atoms with Crippen molar-refractivity contribution < 1.29 is 0 Å². The summed E-state index contributed by atoms with van der Waals surface area (Å²) < 4.78 is 1.33. The predicted octanol–water partition coefficient (Wildman–Crippen LogP) is 5.16. The van der Waals surface area contributed by atoms with Gasteiger partial charge in [0.15, 0.2) is 0 Å². The van der Waals surface area contributed by atoms with Crippen LogP contribution in [0.4, 0.5) is 0 Å². The van der Waals surface area contributed by atoms with Crippen molar-refractivity contribution in [2.45, 2.75) is 37.4 Å². The summed E-state index contributed by atoms with van der Waals surface area (Å²) in [6.45, 7) is 0. The molecule has 0 radical (unpaired) electrons. The zero-order valence-corrected chi connectivity index (χ0v) is 12.8. The fraction of sp³-hybridized carbons (Fsp3) is 0.500. The van der Waals surface area contributed by atoms with E-state index in [1.165, 1.54) is 46.7 Å². The van der Waals surface area contributed by atoms with Gasteiger partial charge in [0.25, 0.3) is 0 Å². The van der Waals surface area contributed by atoms with Crippen LogP contribution in [0, 0.1) is 0 Å². The number of rotatable bonds is 5. The van der Waals surface area contributed by atoms with Crippen LogP contribution in [0.15, 0.2) is 24.3 Å². The number of benzene rings is 1. The molecule has 4 heteroatoms. The molecule has 2 aromatic rings. The zero-order valence-electron chi connectivity index (χ0n) is 10.3. The Kier molecular flexibility index (Phi) is 4.49. The first-order valence-corrected chi connectivity index (χ1v) is 9.74. The molecule has 1 fully saturated rings. The normalized spacial score (nSPS) is 19.7. The van der Waals surface area contributed by atoms with Gasteiger partial charge in [-0.2, -0.15) is 0 Å². The molecule has 1 aromatic heterocycles. The average Bonchev–Trinajstić information content (AvgIpc) is 3.03. The molecule has 0 saturated carbocycles. The first kappa shape index (κ1) is 12.8. The lowest BCUT2D eigenvalue weighted by atomic mass is 10.1. The number of hydrogen-bond acceptors (Lipinski definition) is 4. The highest BCUT2D eigenvalue weighted by Crippen LogP contribution is 2.39. The Morgan fingerprint density at radius 1 is 1.22 bits per heavy atom. The molecule has 2 heterocycles. The van der Waals surface area contributed by atoms with Crippen LogP contribution < -0.4 is 0 Å². The molecule has 18 heavy (non-hydrogen) atoms. The third-order valence-corrected chi connectivity index (χ3v) is 7.34. The summed E-state index contributed by atoms with van der Waals surface area (Å²) in [5.74, 6) is 1.35. The summed E-state index contributed by atoms with van der Waals surface area (Å²) in [5.41, 5.74) is 1.17. The van der Waals surface area contributed by atoms with Crippen LogP contribution in [0.5, 0.6) is 0 Å². The van der Waals surface area contributed by atoms with Gasteiger partial charge in [-0.05, 0) is 37.8 Å². The monoisotopic (exact) mass is 295 g/mol. The summed E-state index contributed by atoms with van der Waals surface area (Å²) in [6, 6.07) is 8.45. The molecule has 0 bridgehead atoms. The topological polar surface area (TPSA) is 12.9 Å². The molecular weight excluding hydrogens is 278 g/mol. The molecule has 0 N–H and O–H groups in total. The first-order chi connectivity index (χ1) is 8.92. The van der Waals surface area contributed by atoms with Gasteiger partial charge >= 0.3 is 0 Å². The highest BCUT2D eigenvalue weighted by atomic mass is 33.1. The van der Waals surface area contributed by atoms with E-state index in [9.17, 15) is 0 Å². The summed E-state index contributed by atoms with van der Waals surface area (Å²) in [4.78, 5) is 4.69. The summed E-state index contributed by atoms with van der Waals surface area (Å²) >= 11 is 1.86. The van der Waals surface area contributed by atoms with E-state index in [1.807, 2.05) is 22.1 Å². The SMILES string of the molecule is c1ccc2sc(CCCCC3CCSS3)nc2c1. The Bertz CT molecular complexity index is 469. The van der Waals surface area contributed by atoms with Crippen molar-refractivity contribution in [3.63, 3.8) is 0 Å². The van der Waals surface area contributed by atoms with Crippen LogP contribution in [-0.4, -0.2) is 16.0 Å². The molecule has 1 unspecified atom stereocenters. The molecule has 0 amide bonds. The number of aryl methyl sites for hydroxylation is 1. The highest BCUT2D eigenvalue weighted by Gasteiger charge is 2.15. The van der Waals surface area contributed by atoms with Gasteiger partial charge in [0.2, 0.25) is 0 Å². The number of hydrogen-bond donors (Lipinski definition) is 0. The van der Waals surface area contributed by atoms with E-state index in [4.69, 9.17) is 4.98 Å². The zero-order chi connectivity index (χ0) is 12.2. The van der Waals surface area contributed by atoms with Crippen LogP contribution in [0.2, 0.25) is 0 Å². The van der Waals surface area contributed by atoms with Crippen molar-refractivity contribution in [3.8, 4) is 0 Å². The fourth-order valence-corrected chi connectivity index (χ4v) is 6.28. The smallest absolute Gasteiger partial charge is 0.0938 e. The fourth-order valence-electron chi connectivity index (χ4n) is 2.24. The van der Waals surface area contributed by atoms with E-state index in [0.717, 1.165) is 11.7 Å². The van der Waals surface area contributed by atoms with E-state index >= 15 is 0 Å². The lowest BCUT2D eigenvalue weighted by Gasteiger charge is -2.05. The largest absolute Gasteiger partial charge is 0.241 e. The molecule has 0 spiro atoms. The van der Waals surface area contributed by atoms with Gasteiger partial charge < -0.3 is 0 Å². The minimum Gasteiger partial charge on any atom is -0.241 e. The minimum absolute atomic E-state index is 0.922. The van der Waals surface area contributed by atoms with Crippen molar-refractivity contribution in [1.29, 1.82) is 0 Å². The molecule has 0 aliphatic carbocycles. The molecule has 1 aliphatic rings. The molecular formula is C14H17NS3. The maximum Gasteiger partial charge on any atom is 0.0938 e. The van der Waals surface area contributed by atoms with Crippen molar-refractivity contribution in [2.24, 2.45) is 0 Å². The second-order valence-electron chi connectivity index (χ2n) is 4.65. The van der Waals surface area contributed by atoms with Crippen molar-refractivity contribution in [1.82, 2.24) is 4.98 Å². The average molecular weight is 295 g/mol. The van der Waals surface area contributed by atoms with Crippen LogP contribution in [-0.2, 0) is 6.42 Å². The Morgan fingerprint density at radius 3 is 3.00 bits per heavy atom. The predicted molar refractivity (Wildman–Crippen MR) is 85.6 cm³/mol. The van der Waals surface area contributed by atoms with Gasteiger partial charge in [-0.25, -0.2) is 4.98 Å². The standard InChI is InChI=1S/C14H17NS3/c1(5-11-9-10-16-18-11)4-8-14-15-12-6-2-3-7-13(12)17-14/h2-3,6-7,11H,1,4-5,8-10H2. The van der Waals surface area contributed by atoms with Gasteiger partial charge in [0.1, 0.15) is 0 Å². The van der Waals surface area contributed by atoms with Gasteiger partial charge in [0.05, 0.1) is 15.2 Å². The Labute approximate surface area is 120 Å². The summed E-state index contributed by atoms with van der Waals surface area (Å²) in [5, 5.41) is 2.23. The van der Waals surface area contributed by atoms with Crippen molar-refractivity contribution >= 4 is 43.1 Å². The molecule has 1 aliphatic heterocycles. The Hall–Kier alpha value is -0.190. The van der Waals surface area contributed by atoms with Gasteiger partial charge in [-0.15, -0.1) is 11.3 Å². The summed E-state index contributed by atoms with van der Waals surface area (Å²) in [7, 11) is 4.14. The first-order valence-electron chi connectivity index (χ1n) is 6.54. The van der Waals surface area contributed by atoms with Gasteiger partial charge in [-0.3, -0.25) is 0 Å². The van der Waals surface area contributed by atoms with Crippen LogP contribution in [0.25, 0.3) is 10.2 Å². The number of fused-ring (bicyclic) bond motifs is 1. The molecule has 1 nitrogen and oxygen atoms in total. The lowest BCUT2D eigenvalue weighted by molar-refractivity contribution is 0.650. The van der Waals surface area contributed by atoms with E-state index in [0.29, 0.717) is 0 Å². The van der Waals surface area contributed by atoms with Crippen LogP contribution >= 0.6 is 32.9 Å². The minimum atomic E-state index is 0.922. The lowest BCUT2D eigenvalue weighted by Crippen LogP contribution is -1.97. The molecule has 96 valence electrons. The van der Waals surface area contributed by atoms with E-state index in [1.54, 1.807) is 0 Å². The number of aromatic nitrogens is 1. The van der Waals surface area contributed by atoms with Crippen LogP contribution in [0.1, 0.15) is 30.7 Å². The maximum absolute atomic E-state index is 4.69. The third-order valence-electron chi connectivity index (χ3n) is 3.23. The van der Waals surface area contributed by atoms with E-state index in [2.05, 4.69) is 35.1 Å². The van der Waals surface area contributed by atoms with E-state index < -0.39 is 0 Å². The Balaban J connectivity index is 1.47. The molecule has 1 saturated heterocycles. The van der Waals surface area contributed by atoms with Crippen LogP contribution in [0.3, 0.4) is 0 Å². The summed E-state index contributed by atoms with van der Waals surface area (Å²) in [6.07, 6.45) is 6.61. The number of para-hydroxylation sites is 1. The molecule has 1 atom stereocenters. The van der Waals surface area contributed by atoms with Crippen molar-refractivity contribution in [3.05, 3.63) is 29.3 Å². The van der Waals surface area contributed by atoms with Gasteiger partial charge in [-0.1, -0.05) is 40.1 Å². The van der Waals surface area contributed by atoms with E-state index in [-0.39, 0.29) is 0 Å². The molecule has 1 aromatic carbocycles. The maximum atomic E-state index is 4.69. The second kappa shape index (κ2) is 6.31.